The fourth-order valence-corrected chi connectivity index (χ4v) is 1.21. The van der Waals surface area contributed by atoms with Crippen molar-refractivity contribution in [1.82, 2.24) is 9.97 Å². The second-order valence-corrected chi connectivity index (χ2v) is 3.06. The molecule has 1 aromatic heterocycles. The van der Waals surface area contributed by atoms with E-state index in [-0.39, 0.29) is 0 Å². The standard InChI is InChI=1S/C7H9ClN2S/c1-2-3-6-5(8)4-9-7(11)10-6/h4H,2-3H2,1H3,(H,9,10,11). The summed E-state index contributed by atoms with van der Waals surface area (Å²) in [5.41, 5.74) is 0.981. The molecule has 1 rings (SSSR count). The van der Waals surface area contributed by atoms with Gasteiger partial charge in [-0.15, -0.1) is 0 Å². The van der Waals surface area contributed by atoms with Crippen molar-refractivity contribution < 1.29 is 0 Å². The third-order valence-electron chi connectivity index (χ3n) is 1.34. The Hall–Kier alpha value is -0.410. The summed E-state index contributed by atoms with van der Waals surface area (Å²) in [6, 6.07) is 0. The maximum atomic E-state index is 5.83. The monoisotopic (exact) mass is 188 g/mol. The molecule has 0 aliphatic heterocycles. The van der Waals surface area contributed by atoms with Gasteiger partial charge < -0.3 is 4.98 Å². The third-order valence-corrected chi connectivity index (χ3v) is 1.87. The van der Waals surface area contributed by atoms with Gasteiger partial charge in [0.1, 0.15) is 0 Å². The van der Waals surface area contributed by atoms with Gasteiger partial charge >= 0.3 is 0 Å². The van der Waals surface area contributed by atoms with Crippen molar-refractivity contribution in [1.29, 1.82) is 0 Å². The highest BCUT2D eigenvalue weighted by Gasteiger charge is 1.97. The average Bonchev–Trinajstić information content (AvgIpc) is 1.98. The SMILES string of the molecule is CCCc1[nH]c(=S)ncc1Cl. The average molecular weight is 189 g/mol. The van der Waals surface area contributed by atoms with Gasteiger partial charge in [-0.05, 0) is 18.6 Å². The van der Waals surface area contributed by atoms with Gasteiger partial charge in [0.15, 0.2) is 4.77 Å². The van der Waals surface area contributed by atoms with Gasteiger partial charge in [0.2, 0.25) is 0 Å². The van der Waals surface area contributed by atoms with E-state index in [0.717, 1.165) is 18.5 Å². The summed E-state index contributed by atoms with van der Waals surface area (Å²) in [4.78, 5) is 6.80. The van der Waals surface area contributed by atoms with E-state index in [1.807, 2.05) is 0 Å². The van der Waals surface area contributed by atoms with E-state index in [2.05, 4.69) is 16.9 Å². The molecule has 60 valence electrons. The maximum absolute atomic E-state index is 5.83. The molecule has 0 saturated heterocycles. The molecule has 0 unspecified atom stereocenters. The molecule has 1 heterocycles. The molecular weight excluding hydrogens is 180 g/mol. The third kappa shape index (κ3) is 2.27. The summed E-state index contributed by atoms with van der Waals surface area (Å²) < 4.78 is 0.498. The number of hydrogen-bond donors (Lipinski definition) is 1. The molecule has 0 aliphatic rings. The largest absolute Gasteiger partial charge is 0.333 e. The molecule has 0 bridgehead atoms. The van der Waals surface area contributed by atoms with E-state index in [9.17, 15) is 0 Å². The lowest BCUT2D eigenvalue weighted by molar-refractivity contribution is 0.868. The van der Waals surface area contributed by atoms with Crippen LogP contribution in [0.1, 0.15) is 19.0 Å². The van der Waals surface area contributed by atoms with Crippen LogP contribution in [0.15, 0.2) is 6.20 Å². The number of nitrogens with one attached hydrogen (secondary N) is 1. The van der Waals surface area contributed by atoms with Crippen molar-refractivity contribution in [3.63, 3.8) is 0 Å². The smallest absolute Gasteiger partial charge is 0.197 e. The van der Waals surface area contributed by atoms with Crippen LogP contribution in [0.3, 0.4) is 0 Å². The molecule has 1 aromatic rings. The van der Waals surface area contributed by atoms with Crippen LogP contribution >= 0.6 is 23.8 Å². The molecular formula is C7H9ClN2S. The number of aromatic amines is 1. The molecule has 0 spiro atoms. The van der Waals surface area contributed by atoms with Gasteiger partial charge in [0.05, 0.1) is 11.2 Å². The Morgan fingerprint density at radius 2 is 2.45 bits per heavy atom. The molecule has 0 fully saturated rings. The molecule has 0 aliphatic carbocycles. The van der Waals surface area contributed by atoms with Crippen molar-refractivity contribution in [2.75, 3.05) is 0 Å². The van der Waals surface area contributed by atoms with Crippen LogP contribution in [0.5, 0.6) is 0 Å². The Balaban J connectivity index is 3.02. The molecule has 11 heavy (non-hydrogen) atoms. The number of H-pyrrole nitrogens is 1. The molecule has 0 amide bonds. The van der Waals surface area contributed by atoms with Crippen LogP contribution in [0, 0.1) is 4.77 Å². The van der Waals surface area contributed by atoms with E-state index < -0.39 is 0 Å². The quantitative estimate of drug-likeness (QED) is 0.724. The summed E-state index contributed by atoms with van der Waals surface area (Å²) in [6.07, 6.45) is 3.56. The normalized spacial score (nSPS) is 10.0. The van der Waals surface area contributed by atoms with Crippen molar-refractivity contribution in [3.8, 4) is 0 Å². The predicted octanol–water partition coefficient (Wildman–Crippen LogP) is 2.75. The van der Waals surface area contributed by atoms with Crippen LogP contribution < -0.4 is 0 Å². The zero-order valence-electron chi connectivity index (χ0n) is 6.22. The molecule has 1 N–H and O–H groups in total. The lowest BCUT2D eigenvalue weighted by Crippen LogP contribution is -1.92. The molecule has 0 atom stereocenters. The minimum absolute atomic E-state index is 0.498. The first-order valence-electron chi connectivity index (χ1n) is 3.47. The Morgan fingerprint density at radius 1 is 1.73 bits per heavy atom. The zero-order valence-corrected chi connectivity index (χ0v) is 7.80. The van der Waals surface area contributed by atoms with E-state index in [1.165, 1.54) is 0 Å². The Bertz CT molecular complexity index is 295. The van der Waals surface area contributed by atoms with Crippen LogP contribution in [-0.4, -0.2) is 9.97 Å². The number of nitrogens with zero attached hydrogens (tertiary/aromatic N) is 1. The minimum atomic E-state index is 0.498. The number of aryl methyl sites for hydroxylation is 1. The fourth-order valence-electron chi connectivity index (χ4n) is 0.846. The first-order valence-corrected chi connectivity index (χ1v) is 4.26. The second kappa shape index (κ2) is 3.83. The lowest BCUT2D eigenvalue weighted by atomic mass is 10.2. The van der Waals surface area contributed by atoms with Crippen LogP contribution in [0.2, 0.25) is 5.02 Å². The second-order valence-electron chi connectivity index (χ2n) is 2.26. The molecule has 0 radical (unpaired) electrons. The van der Waals surface area contributed by atoms with E-state index in [0.29, 0.717) is 9.79 Å². The molecule has 0 saturated carbocycles. The van der Waals surface area contributed by atoms with Crippen molar-refractivity contribution in [3.05, 3.63) is 21.7 Å². The van der Waals surface area contributed by atoms with Crippen LogP contribution in [0.25, 0.3) is 0 Å². The van der Waals surface area contributed by atoms with E-state index in [4.69, 9.17) is 23.8 Å². The number of hydrogen-bond acceptors (Lipinski definition) is 2. The van der Waals surface area contributed by atoms with Gasteiger partial charge in [0, 0.05) is 5.69 Å². The van der Waals surface area contributed by atoms with E-state index in [1.54, 1.807) is 6.20 Å². The first-order chi connectivity index (χ1) is 5.24. The van der Waals surface area contributed by atoms with Crippen molar-refractivity contribution >= 4 is 23.8 Å². The predicted molar refractivity (Wildman–Crippen MR) is 48.4 cm³/mol. The van der Waals surface area contributed by atoms with Gasteiger partial charge in [-0.3, -0.25) is 0 Å². The molecule has 4 heteroatoms. The minimum Gasteiger partial charge on any atom is -0.333 e. The van der Waals surface area contributed by atoms with E-state index >= 15 is 0 Å². The Kier molecular flexibility index (Phi) is 3.02. The topological polar surface area (TPSA) is 28.7 Å². The summed E-state index contributed by atoms with van der Waals surface area (Å²) in [7, 11) is 0. The highest BCUT2D eigenvalue weighted by atomic mass is 35.5. The van der Waals surface area contributed by atoms with Gasteiger partial charge in [0.25, 0.3) is 0 Å². The van der Waals surface area contributed by atoms with Gasteiger partial charge in [-0.1, -0.05) is 24.9 Å². The Labute approximate surface area is 75.6 Å². The summed E-state index contributed by atoms with van der Waals surface area (Å²) in [5.74, 6) is 0. The summed E-state index contributed by atoms with van der Waals surface area (Å²) in [6.45, 7) is 2.09. The number of aromatic nitrogens is 2. The lowest BCUT2D eigenvalue weighted by Gasteiger charge is -1.99. The number of rotatable bonds is 2. The first kappa shape index (κ1) is 8.68. The van der Waals surface area contributed by atoms with Crippen LogP contribution in [-0.2, 0) is 6.42 Å². The highest BCUT2D eigenvalue weighted by Crippen LogP contribution is 2.12. The summed E-state index contributed by atoms with van der Waals surface area (Å²) >= 11 is 10.7. The number of halogens is 1. The Morgan fingerprint density at radius 3 is 3.09 bits per heavy atom. The van der Waals surface area contributed by atoms with Gasteiger partial charge in [-0.25, -0.2) is 4.98 Å². The fraction of sp³-hybridized carbons (Fsp3) is 0.429. The summed E-state index contributed by atoms with van der Waals surface area (Å²) in [5, 5.41) is 0.667. The van der Waals surface area contributed by atoms with Crippen LogP contribution in [0.4, 0.5) is 0 Å². The highest BCUT2D eigenvalue weighted by molar-refractivity contribution is 7.71. The molecule has 2 nitrogen and oxygen atoms in total. The van der Waals surface area contributed by atoms with Crippen molar-refractivity contribution in [2.45, 2.75) is 19.8 Å². The van der Waals surface area contributed by atoms with Gasteiger partial charge in [-0.2, -0.15) is 0 Å². The zero-order chi connectivity index (χ0) is 8.27. The van der Waals surface area contributed by atoms with Crippen molar-refractivity contribution in [2.24, 2.45) is 0 Å². The molecule has 0 aromatic carbocycles. The maximum Gasteiger partial charge on any atom is 0.197 e.